The average molecular weight is 249 g/mol. The van der Waals surface area contributed by atoms with Gasteiger partial charge in [-0.2, -0.15) is 0 Å². The molecule has 0 atom stereocenters. The van der Waals surface area contributed by atoms with Crippen molar-refractivity contribution in [2.24, 2.45) is 0 Å². The standard InChI is InChI=1S/C8H7BrClNO/c1-4(12)5-2-3-6(11)7(9)8(5)10/h2-3H,11H2,1H3. The fraction of sp³-hybridized carbons (Fsp3) is 0.125. The van der Waals surface area contributed by atoms with Gasteiger partial charge < -0.3 is 5.73 Å². The van der Waals surface area contributed by atoms with Crippen LogP contribution in [0.1, 0.15) is 17.3 Å². The SMILES string of the molecule is CC(=O)c1ccc(N)c(Br)c1Cl. The summed E-state index contributed by atoms with van der Waals surface area (Å²) in [7, 11) is 0. The monoisotopic (exact) mass is 247 g/mol. The molecule has 0 bridgehead atoms. The van der Waals surface area contributed by atoms with Crippen LogP contribution in [0.4, 0.5) is 5.69 Å². The molecule has 2 nitrogen and oxygen atoms in total. The molecule has 0 fully saturated rings. The van der Waals surface area contributed by atoms with Gasteiger partial charge in [0.05, 0.1) is 9.50 Å². The van der Waals surface area contributed by atoms with E-state index in [1.807, 2.05) is 0 Å². The average Bonchev–Trinajstić information content (AvgIpc) is 2.00. The van der Waals surface area contributed by atoms with Gasteiger partial charge in [0.25, 0.3) is 0 Å². The summed E-state index contributed by atoms with van der Waals surface area (Å²) in [5.74, 6) is -0.0688. The van der Waals surface area contributed by atoms with E-state index in [0.717, 1.165) is 0 Å². The van der Waals surface area contributed by atoms with Gasteiger partial charge in [-0.25, -0.2) is 0 Å². The fourth-order valence-corrected chi connectivity index (χ4v) is 1.49. The maximum absolute atomic E-state index is 11.0. The Morgan fingerprint density at radius 3 is 2.67 bits per heavy atom. The van der Waals surface area contributed by atoms with Gasteiger partial charge in [-0.1, -0.05) is 11.6 Å². The van der Waals surface area contributed by atoms with Crippen LogP contribution in [0.2, 0.25) is 5.02 Å². The van der Waals surface area contributed by atoms with E-state index in [9.17, 15) is 4.79 Å². The highest BCUT2D eigenvalue weighted by molar-refractivity contribution is 9.10. The summed E-state index contributed by atoms with van der Waals surface area (Å²) in [5.41, 5.74) is 6.56. The molecule has 1 aromatic carbocycles. The zero-order chi connectivity index (χ0) is 9.30. The second-order valence-corrected chi connectivity index (χ2v) is 3.56. The molecule has 0 aliphatic rings. The molecule has 0 radical (unpaired) electrons. The van der Waals surface area contributed by atoms with Crippen LogP contribution in [0.15, 0.2) is 16.6 Å². The second kappa shape index (κ2) is 3.46. The van der Waals surface area contributed by atoms with Crippen molar-refractivity contribution in [3.63, 3.8) is 0 Å². The Labute approximate surface area is 83.8 Å². The third-order valence-electron chi connectivity index (χ3n) is 1.49. The Bertz CT molecular complexity index is 338. The number of nitrogens with two attached hydrogens (primary N) is 1. The molecule has 0 aliphatic carbocycles. The van der Waals surface area contributed by atoms with Crippen LogP contribution >= 0.6 is 27.5 Å². The molecule has 0 saturated heterocycles. The van der Waals surface area contributed by atoms with Crippen molar-refractivity contribution >= 4 is 39.0 Å². The number of carbonyl (C=O) groups is 1. The number of ketones is 1. The van der Waals surface area contributed by atoms with Gasteiger partial charge >= 0.3 is 0 Å². The van der Waals surface area contributed by atoms with E-state index in [2.05, 4.69) is 15.9 Å². The molecule has 0 aromatic heterocycles. The van der Waals surface area contributed by atoms with Gasteiger partial charge in [0.1, 0.15) is 0 Å². The fourth-order valence-electron chi connectivity index (χ4n) is 0.836. The van der Waals surface area contributed by atoms with Crippen molar-refractivity contribution in [1.29, 1.82) is 0 Å². The summed E-state index contributed by atoms with van der Waals surface area (Å²) in [6, 6.07) is 3.26. The number of hydrogen-bond donors (Lipinski definition) is 1. The van der Waals surface area contributed by atoms with Crippen LogP contribution in [-0.2, 0) is 0 Å². The van der Waals surface area contributed by atoms with E-state index in [0.29, 0.717) is 20.7 Å². The third-order valence-corrected chi connectivity index (χ3v) is 2.97. The van der Waals surface area contributed by atoms with Gasteiger partial charge in [0, 0.05) is 11.3 Å². The minimum absolute atomic E-state index is 0.0688. The molecular weight excluding hydrogens is 241 g/mol. The predicted octanol–water partition coefficient (Wildman–Crippen LogP) is 2.89. The zero-order valence-corrected chi connectivity index (χ0v) is 8.74. The van der Waals surface area contributed by atoms with E-state index in [4.69, 9.17) is 17.3 Å². The van der Waals surface area contributed by atoms with Gasteiger partial charge in [-0.05, 0) is 35.0 Å². The van der Waals surface area contributed by atoms with Crippen LogP contribution in [0.3, 0.4) is 0 Å². The highest BCUT2D eigenvalue weighted by Crippen LogP contribution is 2.31. The number of hydrogen-bond acceptors (Lipinski definition) is 2. The van der Waals surface area contributed by atoms with Crippen molar-refractivity contribution in [2.75, 3.05) is 5.73 Å². The summed E-state index contributed by atoms with van der Waals surface area (Å²) in [4.78, 5) is 11.0. The van der Waals surface area contributed by atoms with Gasteiger partial charge in [0.15, 0.2) is 5.78 Å². The minimum atomic E-state index is -0.0688. The highest BCUT2D eigenvalue weighted by atomic mass is 79.9. The quantitative estimate of drug-likeness (QED) is 0.613. The van der Waals surface area contributed by atoms with Crippen LogP contribution in [0.25, 0.3) is 0 Å². The molecule has 0 spiro atoms. The molecule has 4 heteroatoms. The Balaban J connectivity index is 3.36. The molecule has 0 aliphatic heterocycles. The summed E-state index contributed by atoms with van der Waals surface area (Å²) >= 11 is 9.03. The van der Waals surface area contributed by atoms with Crippen molar-refractivity contribution in [3.05, 3.63) is 27.2 Å². The first-order valence-electron chi connectivity index (χ1n) is 3.28. The Morgan fingerprint density at radius 1 is 1.58 bits per heavy atom. The number of Topliss-reactive ketones (excluding diaryl/α,β-unsaturated/α-hetero) is 1. The minimum Gasteiger partial charge on any atom is -0.398 e. The second-order valence-electron chi connectivity index (χ2n) is 2.39. The predicted molar refractivity (Wildman–Crippen MR) is 53.6 cm³/mol. The number of rotatable bonds is 1. The topological polar surface area (TPSA) is 43.1 Å². The van der Waals surface area contributed by atoms with Crippen LogP contribution in [0, 0.1) is 0 Å². The maximum atomic E-state index is 11.0. The summed E-state index contributed by atoms with van der Waals surface area (Å²) in [5, 5.41) is 0.377. The Hall–Kier alpha value is -0.540. The normalized spacial score (nSPS) is 9.92. The number of halogens is 2. The maximum Gasteiger partial charge on any atom is 0.161 e. The largest absolute Gasteiger partial charge is 0.398 e. The lowest BCUT2D eigenvalue weighted by Crippen LogP contribution is -1.96. The molecule has 2 N–H and O–H groups in total. The summed E-state index contributed by atoms with van der Waals surface area (Å²) in [6.45, 7) is 1.46. The smallest absolute Gasteiger partial charge is 0.161 e. The number of nitrogen functional groups attached to an aromatic ring is 1. The molecule has 0 amide bonds. The van der Waals surface area contributed by atoms with Gasteiger partial charge in [-0.3, -0.25) is 4.79 Å². The molecule has 0 heterocycles. The Morgan fingerprint density at radius 2 is 2.17 bits per heavy atom. The number of anilines is 1. The molecule has 0 unspecified atom stereocenters. The van der Waals surface area contributed by atoms with Crippen molar-refractivity contribution < 1.29 is 4.79 Å². The number of benzene rings is 1. The highest BCUT2D eigenvalue weighted by Gasteiger charge is 2.10. The van der Waals surface area contributed by atoms with Gasteiger partial charge in [-0.15, -0.1) is 0 Å². The first-order valence-corrected chi connectivity index (χ1v) is 4.45. The lowest BCUT2D eigenvalue weighted by molar-refractivity contribution is 0.101. The van der Waals surface area contributed by atoms with Crippen LogP contribution in [-0.4, -0.2) is 5.78 Å². The van der Waals surface area contributed by atoms with E-state index >= 15 is 0 Å². The summed E-state index contributed by atoms with van der Waals surface area (Å²) < 4.78 is 0.580. The summed E-state index contributed by atoms with van der Waals surface area (Å²) in [6.07, 6.45) is 0. The van der Waals surface area contributed by atoms with E-state index in [-0.39, 0.29) is 5.78 Å². The third kappa shape index (κ3) is 1.62. The molecule has 12 heavy (non-hydrogen) atoms. The molecule has 0 saturated carbocycles. The molecule has 1 aromatic rings. The van der Waals surface area contributed by atoms with Crippen molar-refractivity contribution in [2.45, 2.75) is 6.92 Å². The van der Waals surface area contributed by atoms with Crippen molar-refractivity contribution in [1.82, 2.24) is 0 Å². The lowest BCUT2D eigenvalue weighted by Gasteiger charge is -2.04. The Kier molecular flexibility index (Phi) is 2.75. The van der Waals surface area contributed by atoms with Crippen molar-refractivity contribution in [3.8, 4) is 0 Å². The lowest BCUT2D eigenvalue weighted by atomic mass is 10.1. The zero-order valence-electron chi connectivity index (χ0n) is 6.40. The molecule has 1 rings (SSSR count). The van der Waals surface area contributed by atoms with E-state index in [1.54, 1.807) is 12.1 Å². The van der Waals surface area contributed by atoms with Gasteiger partial charge in [0.2, 0.25) is 0 Å². The first kappa shape index (κ1) is 9.55. The molecule has 64 valence electrons. The molecular formula is C8H7BrClNO. The van der Waals surface area contributed by atoms with Crippen LogP contribution < -0.4 is 5.73 Å². The number of carbonyl (C=O) groups excluding carboxylic acids is 1. The first-order chi connectivity index (χ1) is 5.54. The van der Waals surface area contributed by atoms with Crippen LogP contribution in [0.5, 0.6) is 0 Å². The van der Waals surface area contributed by atoms with E-state index < -0.39 is 0 Å². The van der Waals surface area contributed by atoms with E-state index in [1.165, 1.54) is 6.92 Å².